The Morgan fingerprint density at radius 2 is 1.44 bits per heavy atom. The van der Waals surface area contributed by atoms with Crippen LogP contribution in [-0.2, 0) is 13.1 Å². The molecule has 0 fully saturated rings. The van der Waals surface area contributed by atoms with Gasteiger partial charge in [-0.3, -0.25) is 0 Å². The summed E-state index contributed by atoms with van der Waals surface area (Å²) in [5.41, 5.74) is 2.46. The average molecular weight is 370 g/mol. The Morgan fingerprint density at radius 3 is 2.11 bits per heavy atom. The standard InChI is InChI=1S/C24H35NO2/c1-19(2)12-14-26-23-11-10-22(24(16-23)27-15-13-20(3)4)18-25-17-21-8-6-5-7-9-21/h5-11,16,19-20,25H,12-15,17-18H2,1-4H3. The fraction of sp³-hybridized carbons (Fsp3) is 0.500. The van der Waals surface area contributed by atoms with Crippen LogP contribution in [0.25, 0.3) is 0 Å². The quantitative estimate of drug-likeness (QED) is 0.511. The highest BCUT2D eigenvalue weighted by Crippen LogP contribution is 2.26. The van der Waals surface area contributed by atoms with E-state index < -0.39 is 0 Å². The highest BCUT2D eigenvalue weighted by atomic mass is 16.5. The Labute approximate surface area is 165 Å². The minimum atomic E-state index is 0.634. The molecule has 0 aliphatic rings. The van der Waals surface area contributed by atoms with Crippen molar-refractivity contribution >= 4 is 0 Å². The summed E-state index contributed by atoms with van der Waals surface area (Å²) in [4.78, 5) is 0. The van der Waals surface area contributed by atoms with Crippen molar-refractivity contribution in [2.45, 2.75) is 53.6 Å². The minimum Gasteiger partial charge on any atom is -0.493 e. The SMILES string of the molecule is CC(C)CCOc1ccc(CNCc2ccccc2)c(OCCC(C)C)c1. The van der Waals surface area contributed by atoms with E-state index in [2.05, 4.69) is 69.4 Å². The second-order valence-electron chi connectivity index (χ2n) is 7.92. The molecule has 0 amide bonds. The Balaban J connectivity index is 1.97. The Morgan fingerprint density at radius 1 is 0.778 bits per heavy atom. The number of ether oxygens (including phenoxy) is 2. The molecule has 2 rings (SSSR count). The van der Waals surface area contributed by atoms with Crippen LogP contribution in [0, 0.1) is 11.8 Å². The molecule has 148 valence electrons. The van der Waals surface area contributed by atoms with Gasteiger partial charge >= 0.3 is 0 Å². The van der Waals surface area contributed by atoms with Gasteiger partial charge in [-0.25, -0.2) is 0 Å². The number of rotatable bonds is 12. The van der Waals surface area contributed by atoms with Gasteiger partial charge < -0.3 is 14.8 Å². The summed E-state index contributed by atoms with van der Waals surface area (Å²) in [5.74, 6) is 3.10. The summed E-state index contributed by atoms with van der Waals surface area (Å²) in [6, 6.07) is 16.7. The molecule has 27 heavy (non-hydrogen) atoms. The third-order valence-corrected chi connectivity index (χ3v) is 4.44. The lowest BCUT2D eigenvalue weighted by atomic mass is 10.1. The van der Waals surface area contributed by atoms with Crippen LogP contribution in [-0.4, -0.2) is 13.2 Å². The predicted molar refractivity (Wildman–Crippen MR) is 113 cm³/mol. The molecule has 2 aromatic rings. The van der Waals surface area contributed by atoms with E-state index in [0.717, 1.165) is 50.6 Å². The summed E-state index contributed by atoms with van der Waals surface area (Å²) in [7, 11) is 0. The van der Waals surface area contributed by atoms with Gasteiger partial charge in [0.15, 0.2) is 0 Å². The van der Waals surface area contributed by atoms with Gasteiger partial charge in [0.05, 0.1) is 13.2 Å². The number of hydrogen-bond acceptors (Lipinski definition) is 3. The lowest BCUT2D eigenvalue weighted by molar-refractivity contribution is 0.274. The third-order valence-electron chi connectivity index (χ3n) is 4.44. The minimum absolute atomic E-state index is 0.634. The molecule has 3 nitrogen and oxygen atoms in total. The van der Waals surface area contributed by atoms with Crippen LogP contribution in [0.1, 0.15) is 51.7 Å². The van der Waals surface area contributed by atoms with Crippen LogP contribution in [0.15, 0.2) is 48.5 Å². The van der Waals surface area contributed by atoms with Crippen LogP contribution in [0.2, 0.25) is 0 Å². The Bertz CT molecular complexity index is 653. The van der Waals surface area contributed by atoms with Crippen LogP contribution in [0.5, 0.6) is 11.5 Å². The van der Waals surface area contributed by atoms with E-state index in [0.29, 0.717) is 11.8 Å². The molecule has 0 spiro atoms. The van der Waals surface area contributed by atoms with E-state index in [9.17, 15) is 0 Å². The van der Waals surface area contributed by atoms with Crippen molar-refractivity contribution in [2.24, 2.45) is 11.8 Å². The molecule has 1 N–H and O–H groups in total. The zero-order valence-corrected chi connectivity index (χ0v) is 17.3. The molecule has 0 aliphatic heterocycles. The van der Waals surface area contributed by atoms with E-state index in [1.54, 1.807) is 0 Å². The first-order valence-corrected chi connectivity index (χ1v) is 10.2. The molecule has 0 unspecified atom stereocenters. The largest absolute Gasteiger partial charge is 0.493 e. The second-order valence-corrected chi connectivity index (χ2v) is 7.92. The summed E-state index contributed by atoms with van der Waals surface area (Å²) < 4.78 is 12.0. The highest BCUT2D eigenvalue weighted by molar-refractivity contribution is 5.40. The first-order valence-electron chi connectivity index (χ1n) is 10.2. The molecule has 2 aromatic carbocycles. The smallest absolute Gasteiger partial charge is 0.127 e. The Kier molecular flexibility index (Phi) is 9.20. The zero-order chi connectivity index (χ0) is 19.5. The number of benzene rings is 2. The van der Waals surface area contributed by atoms with Crippen molar-refractivity contribution in [2.75, 3.05) is 13.2 Å². The third kappa shape index (κ3) is 8.49. The maximum Gasteiger partial charge on any atom is 0.127 e. The van der Waals surface area contributed by atoms with Gasteiger partial charge in [0, 0.05) is 24.7 Å². The molecule has 0 bridgehead atoms. The van der Waals surface area contributed by atoms with E-state index in [1.165, 1.54) is 11.1 Å². The molecule has 0 heterocycles. The normalized spacial score (nSPS) is 11.2. The van der Waals surface area contributed by atoms with Crippen molar-refractivity contribution in [3.05, 3.63) is 59.7 Å². The number of nitrogens with one attached hydrogen (secondary N) is 1. The van der Waals surface area contributed by atoms with Crippen LogP contribution in [0.4, 0.5) is 0 Å². The van der Waals surface area contributed by atoms with Crippen LogP contribution >= 0.6 is 0 Å². The first kappa shape index (κ1) is 21.3. The van der Waals surface area contributed by atoms with E-state index in [4.69, 9.17) is 9.47 Å². The van der Waals surface area contributed by atoms with Crippen molar-refractivity contribution in [3.8, 4) is 11.5 Å². The molecular weight excluding hydrogens is 334 g/mol. The molecule has 3 heteroatoms. The molecule has 0 saturated heterocycles. The van der Waals surface area contributed by atoms with Crippen molar-refractivity contribution in [3.63, 3.8) is 0 Å². The Hall–Kier alpha value is -2.00. The monoisotopic (exact) mass is 369 g/mol. The van der Waals surface area contributed by atoms with Gasteiger partial charge in [0.1, 0.15) is 11.5 Å². The maximum absolute atomic E-state index is 6.10. The van der Waals surface area contributed by atoms with Gasteiger partial charge in [0.2, 0.25) is 0 Å². The first-order chi connectivity index (χ1) is 13.0. The molecule has 0 saturated carbocycles. The summed E-state index contributed by atoms with van der Waals surface area (Å²) in [6.07, 6.45) is 2.11. The molecule has 0 aliphatic carbocycles. The fourth-order valence-corrected chi connectivity index (χ4v) is 2.66. The fourth-order valence-electron chi connectivity index (χ4n) is 2.66. The van der Waals surface area contributed by atoms with Gasteiger partial charge in [-0.1, -0.05) is 64.1 Å². The molecular formula is C24H35NO2. The lowest BCUT2D eigenvalue weighted by Crippen LogP contribution is -2.14. The summed E-state index contributed by atoms with van der Waals surface area (Å²) in [6.45, 7) is 12.0. The van der Waals surface area contributed by atoms with E-state index in [-0.39, 0.29) is 0 Å². The van der Waals surface area contributed by atoms with Crippen LogP contribution in [0.3, 0.4) is 0 Å². The van der Waals surface area contributed by atoms with E-state index >= 15 is 0 Å². The van der Waals surface area contributed by atoms with Gasteiger partial charge in [-0.05, 0) is 36.3 Å². The van der Waals surface area contributed by atoms with Crippen LogP contribution < -0.4 is 14.8 Å². The number of hydrogen-bond donors (Lipinski definition) is 1. The van der Waals surface area contributed by atoms with Crippen molar-refractivity contribution in [1.82, 2.24) is 5.32 Å². The van der Waals surface area contributed by atoms with E-state index in [1.807, 2.05) is 12.1 Å². The topological polar surface area (TPSA) is 30.5 Å². The van der Waals surface area contributed by atoms with Gasteiger partial charge in [-0.2, -0.15) is 0 Å². The average Bonchev–Trinajstić information content (AvgIpc) is 2.63. The summed E-state index contributed by atoms with van der Waals surface area (Å²) in [5, 5.41) is 3.51. The highest BCUT2D eigenvalue weighted by Gasteiger charge is 2.08. The maximum atomic E-state index is 6.10. The van der Waals surface area contributed by atoms with Crippen molar-refractivity contribution < 1.29 is 9.47 Å². The zero-order valence-electron chi connectivity index (χ0n) is 17.3. The lowest BCUT2D eigenvalue weighted by Gasteiger charge is -2.16. The molecule has 0 atom stereocenters. The summed E-state index contributed by atoms with van der Waals surface area (Å²) >= 11 is 0. The van der Waals surface area contributed by atoms with Gasteiger partial charge in [0.25, 0.3) is 0 Å². The molecule has 0 radical (unpaired) electrons. The second kappa shape index (κ2) is 11.7. The van der Waals surface area contributed by atoms with Gasteiger partial charge in [-0.15, -0.1) is 0 Å². The molecule has 0 aromatic heterocycles. The van der Waals surface area contributed by atoms with Crippen molar-refractivity contribution in [1.29, 1.82) is 0 Å². The predicted octanol–water partition coefficient (Wildman–Crippen LogP) is 5.83.